The molecule has 1 aromatic rings. The molecule has 0 saturated carbocycles. The van der Waals surface area contributed by atoms with Gasteiger partial charge in [0.25, 0.3) is 0 Å². The van der Waals surface area contributed by atoms with Gasteiger partial charge in [0.05, 0.1) is 7.11 Å². The Morgan fingerprint density at radius 1 is 1.53 bits per heavy atom. The zero-order valence-corrected chi connectivity index (χ0v) is 8.90. The Morgan fingerprint density at radius 2 is 2.27 bits per heavy atom. The van der Waals surface area contributed by atoms with Crippen molar-refractivity contribution in [2.45, 2.75) is 19.3 Å². The topological polar surface area (TPSA) is 61.2 Å². The fourth-order valence-corrected chi connectivity index (χ4v) is 1.21. The second-order valence-electron chi connectivity index (χ2n) is 3.25. The van der Waals surface area contributed by atoms with Crippen molar-refractivity contribution in [2.24, 2.45) is 7.05 Å². The molecule has 0 N–H and O–H groups in total. The van der Waals surface area contributed by atoms with Crippen molar-refractivity contribution in [3.05, 3.63) is 18.2 Å². The monoisotopic (exact) mass is 210 g/mol. The Hall–Kier alpha value is -1.65. The van der Waals surface area contributed by atoms with Gasteiger partial charge in [0.2, 0.25) is 0 Å². The third kappa shape index (κ3) is 3.53. The normalized spacial score (nSPS) is 10.0. The van der Waals surface area contributed by atoms with Crippen LogP contribution in [0.15, 0.2) is 12.4 Å². The van der Waals surface area contributed by atoms with E-state index >= 15 is 0 Å². The van der Waals surface area contributed by atoms with Crippen LogP contribution in [0.4, 0.5) is 0 Å². The van der Waals surface area contributed by atoms with Crippen LogP contribution in [0.2, 0.25) is 0 Å². The van der Waals surface area contributed by atoms with Crippen molar-refractivity contribution in [3.8, 4) is 0 Å². The van der Waals surface area contributed by atoms with E-state index in [2.05, 4.69) is 9.72 Å². The highest BCUT2D eigenvalue weighted by Crippen LogP contribution is 2.01. The molecule has 0 aliphatic rings. The van der Waals surface area contributed by atoms with Crippen LogP contribution in [-0.4, -0.2) is 28.4 Å². The Labute approximate surface area is 88.1 Å². The molecular formula is C10H14N2O3. The number of methoxy groups -OCH3 is 1. The minimum Gasteiger partial charge on any atom is -0.469 e. The molecule has 0 radical (unpaired) electrons. The zero-order chi connectivity index (χ0) is 11.3. The fourth-order valence-electron chi connectivity index (χ4n) is 1.21. The molecule has 82 valence electrons. The maximum absolute atomic E-state index is 11.3. The maximum Gasteiger partial charge on any atom is 0.313 e. The lowest BCUT2D eigenvalue weighted by molar-refractivity contribution is -0.143. The molecule has 1 heterocycles. The van der Waals surface area contributed by atoms with Gasteiger partial charge in [0.15, 0.2) is 0 Å². The Morgan fingerprint density at radius 3 is 2.80 bits per heavy atom. The summed E-state index contributed by atoms with van der Waals surface area (Å²) in [6, 6.07) is 0. The highest BCUT2D eigenvalue weighted by molar-refractivity contribution is 5.95. The lowest BCUT2D eigenvalue weighted by Crippen LogP contribution is -2.11. The first-order valence-corrected chi connectivity index (χ1v) is 4.68. The quantitative estimate of drug-likeness (QED) is 0.524. The van der Waals surface area contributed by atoms with Gasteiger partial charge >= 0.3 is 5.97 Å². The van der Waals surface area contributed by atoms with E-state index in [1.165, 1.54) is 7.11 Å². The molecule has 0 unspecified atom stereocenters. The van der Waals surface area contributed by atoms with Gasteiger partial charge in [-0.25, -0.2) is 4.98 Å². The van der Waals surface area contributed by atoms with Gasteiger partial charge in [-0.15, -0.1) is 0 Å². The summed E-state index contributed by atoms with van der Waals surface area (Å²) in [5.74, 6) is 0.234. The SMILES string of the molecule is COC(=O)CC(=O)CCc1nccn1C. The van der Waals surface area contributed by atoms with Gasteiger partial charge in [-0.05, 0) is 0 Å². The highest BCUT2D eigenvalue weighted by atomic mass is 16.5. The van der Waals surface area contributed by atoms with Crippen LogP contribution in [-0.2, 0) is 27.8 Å². The summed E-state index contributed by atoms with van der Waals surface area (Å²) in [5.41, 5.74) is 0. The number of hydrogen-bond donors (Lipinski definition) is 0. The molecule has 0 fully saturated rings. The second kappa shape index (κ2) is 5.29. The summed E-state index contributed by atoms with van der Waals surface area (Å²) in [4.78, 5) is 26.1. The molecule has 0 aliphatic carbocycles. The molecular weight excluding hydrogens is 196 g/mol. The summed E-state index contributed by atoms with van der Waals surface area (Å²) >= 11 is 0. The summed E-state index contributed by atoms with van der Waals surface area (Å²) in [6.45, 7) is 0. The van der Waals surface area contributed by atoms with Crippen molar-refractivity contribution in [2.75, 3.05) is 7.11 Å². The van der Waals surface area contributed by atoms with Crippen LogP contribution in [0.3, 0.4) is 0 Å². The van der Waals surface area contributed by atoms with Crippen molar-refractivity contribution < 1.29 is 14.3 Å². The molecule has 0 atom stereocenters. The van der Waals surface area contributed by atoms with Crippen molar-refractivity contribution in [1.29, 1.82) is 0 Å². The number of imidazole rings is 1. The average molecular weight is 210 g/mol. The molecule has 0 bridgehead atoms. The van der Waals surface area contributed by atoms with Gasteiger partial charge < -0.3 is 9.30 Å². The van der Waals surface area contributed by atoms with Crippen molar-refractivity contribution in [1.82, 2.24) is 9.55 Å². The Kier molecular flexibility index (Phi) is 4.03. The molecule has 1 aromatic heterocycles. The van der Waals surface area contributed by atoms with E-state index < -0.39 is 5.97 Å². The van der Waals surface area contributed by atoms with Gasteiger partial charge in [-0.1, -0.05) is 0 Å². The van der Waals surface area contributed by atoms with Crippen LogP contribution in [0, 0.1) is 0 Å². The molecule has 0 aromatic carbocycles. The van der Waals surface area contributed by atoms with Crippen LogP contribution >= 0.6 is 0 Å². The van der Waals surface area contributed by atoms with E-state index in [0.717, 1.165) is 5.82 Å². The minimum atomic E-state index is -0.486. The van der Waals surface area contributed by atoms with Gasteiger partial charge in [-0.2, -0.15) is 0 Å². The lowest BCUT2D eigenvalue weighted by Gasteiger charge is -2.01. The van der Waals surface area contributed by atoms with E-state index in [4.69, 9.17) is 0 Å². The summed E-state index contributed by atoms with van der Waals surface area (Å²) in [7, 11) is 3.14. The van der Waals surface area contributed by atoms with E-state index in [1.54, 1.807) is 6.20 Å². The first kappa shape index (κ1) is 11.4. The van der Waals surface area contributed by atoms with Crippen molar-refractivity contribution >= 4 is 11.8 Å². The molecule has 5 heteroatoms. The Bertz CT molecular complexity index is 357. The number of nitrogens with zero attached hydrogens (tertiary/aromatic N) is 2. The zero-order valence-electron chi connectivity index (χ0n) is 8.90. The minimum absolute atomic E-state index is 0.121. The number of carbonyl (C=O) groups excluding carboxylic acids is 2. The van der Waals surface area contributed by atoms with Crippen LogP contribution in [0.1, 0.15) is 18.7 Å². The summed E-state index contributed by atoms with van der Waals surface area (Å²) in [6.07, 6.45) is 4.22. The number of hydrogen-bond acceptors (Lipinski definition) is 4. The lowest BCUT2D eigenvalue weighted by atomic mass is 10.1. The molecule has 0 aliphatic heterocycles. The molecule has 0 saturated heterocycles. The maximum atomic E-state index is 11.3. The second-order valence-corrected chi connectivity index (χ2v) is 3.25. The summed E-state index contributed by atoms with van der Waals surface area (Å²) < 4.78 is 6.25. The number of Topliss-reactive ketones (excluding diaryl/α,β-unsaturated/α-hetero) is 1. The number of ketones is 1. The third-order valence-electron chi connectivity index (χ3n) is 2.12. The number of rotatable bonds is 5. The van der Waals surface area contributed by atoms with Gasteiger partial charge in [-0.3, -0.25) is 9.59 Å². The fraction of sp³-hybridized carbons (Fsp3) is 0.500. The number of carbonyl (C=O) groups is 2. The third-order valence-corrected chi connectivity index (χ3v) is 2.12. The molecule has 0 amide bonds. The van der Waals surface area contributed by atoms with Crippen LogP contribution < -0.4 is 0 Å². The average Bonchev–Trinajstić information content (AvgIpc) is 2.61. The van der Waals surface area contributed by atoms with Crippen LogP contribution in [0.5, 0.6) is 0 Å². The number of aryl methyl sites for hydroxylation is 2. The largest absolute Gasteiger partial charge is 0.469 e. The Balaban J connectivity index is 2.35. The number of esters is 1. The molecule has 0 spiro atoms. The molecule has 15 heavy (non-hydrogen) atoms. The first-order valence-electron chi connectivity index (χ1n) is 4.68. The highest BCUT2D eigenvalue weighted by Gasteiger charge is 2.10. The van der Waals surface area contributed by atoms with Gasteiger partial charge in [0, 0.05) is 32.3 Å². The smallest absolute Gasteiger partial charge is 0.313 e. The van der Waals surface area contributed by atoms with E-state index in [1.807, 2.05) is 17.8 Å². The van der Waals surface area contributed by atoms with E-state index in [0.29, 0.717) is 12.8 Å². The molecule has 5 nitrogen and oxygen atoms in total. The van der Waals surface area contributed by atoms with E-state index in [9.17, 15) is 9.59 Å². The standard InChI is InChI=1S/C10H14N2O3/c1-12-6-5-11-9(12)4-3-8(13)7-10(14)15-2/h5-6H,3-4,7H2,1-2H3. The number of ether oxygens (including phenoxy) is 1. The summed E-state index contributed by atoms with van der Waals surface area (Å²) in [5, 5.41) is 0. The van der Waals surface area contributed by atoms with Gasteiger partial charge in [0.1, 0.15) is 18.0 Å². The van der Waals surface area contributed by atoms with Crippen LogP contribution in [0.25, 0.3) is 0 Å². The molecule has 1 rings (SSSR count). The predicted molar refractivity (Wildman–Crippen MR) is 53.2 cm³/mol. The predicted octanol–water partition coefficient (Wildman–Crippen LogP) is 0.485. The number of aromatic nitrogens is 2. The first-order chi connectivity index (χ1) is 7.13. The van der Waals surface area contributed by atoms with Crippen molar-refractivity contribution in [3.63, 3.8) is 0 Å². The van der Waals surface area contributed by atoms with E-state index in [-0.39, 0.29) is 12.2 Å².